The standard InChI is InChI=1S/C5H10N2O/c6-5-4-1-3(7-5)2-8-4/h3-5,7H,1-2,6H2. The lowest BCUT2D eigenvalue weighted by Crippen LogP contribution is -2.47. The number of rotatable bonds is 0. The van der Waals surface area contributed by atoms with E-state index in [1.165, 1.54) is 0 Å². The highest BCUT2D eigenvalue weighted by Crippen LogP contribution is 2.21. The molecule has 2 rings (SSSR count). The number of morpholine rings is 1. The molecule has 0 aliphatic carbocycles. The van der Waals surface area contributed by atoms with Crippen LogP contribution in [-0.4, -0.2) is 24.9 Å². The van der Waals surface area contributed by atoms with Gasteiger partial charge in [-0.15, -0.1) is 0 Å². The zero-order valence-corrected chi connectivity index (χ0v) is 4.63. The largest absolute Gasteiger partial charge is 0.374 e. The molecule has 0 aromatic carbocycles. The van der Waals surface area contributed by atoms with E-state index in [4.69, 9.17) is 10.5 Å². The van der Waals surface area contributed by atoms with E-state index in [0.29, 0.717) is 12.1 Å². The summed E-state index contributed by atoms with van der Waals surface area (Å²) in [5.41, 5.74) is 5.58. The van der Waals surface area contributed by atoms with Gasteiger partial charge in [-0.25, -0.2) is 0 Å². The van der Waals surface area contributed by atoms with Gasteiger partial charge in [0, 0.05) is 6.04 Å². The molecule has 2 bridgehead atoms. The number of nitrogens with one attached hydrogen (secondary N) is 1. The zero-order valence-electron chi connectivity index (χ0n) is 4.63. The van der Waals surface area contributed by atoms with Crippen molar-refractivity contribution in [2.75, 3.05) is 6.61 Å². The van der Waals surface area contributed by atoms with Gasteiger partial charge in [0.25, 0.3) is 0 Å². The fourth-order valence-corrected chi connectivity index (χ4v) is 1.40. The minimum Gasteiger partial charge on any atom is -0.374 e. The van der Waals surface area contributed by atoms with E-state index in [9.17, 15) is 0 Å². The van der Waals surface area contributed by atoms with Gasteiger partial charge in [0.15, 0.2) is 0 Å². The number of hydrogen-bond donors (Lipinski definition) is 2. The monoisotopic (exact) mass is 114 g/mol. The van der Waals surface area contributed by atoms with Crippen LogP contribution in [0.4, 0.5) is 0 Å². The van der Waals surface area contributed by atoms with Crippen LogP contribution >= 0.6 is 0 Å². The zero-order chi connectivity index (χ0) is 5.56. The highest BCUT2D eigenvalue weighted by molar-refractivity contribution is 4.93. The van der Waals surface area contributed by atoms with E-state index in [2.05, 4.69) is 5.32 Å². The summed E-state index contributed by atoms with van der Waals surface area (Å²) in [6.07, 6.45) is 1.52. The second kappa shape index (κ2) is 1.43. The smallest absolute Gasteiger partial charge is 0.0874 e. The fraction of sp³-hybridized carbons (Fsp3) is 1.00. The average Bonchev–Trinajstić information content (AvgIpc) is 2.23. The maximum Gasteiger partial charge on any atom is 0.0874 e. The van der Waals surface area contributed by atoms with Gasteiger partial charge in [-0.1, -0.05) is 0 Å². The van der Waals surface area contributed by atoms with Crippen LogP contribution < -0.4 is 11.1 Å². The van der Waals surface area contributed by atoms with Crippen LogP contribution in [0.5, 0.6) is 0 Å². The molecule has 2 aliphatic rings. The molecule has 3 atom stereocenters. The SMILES string of the molecule is NC1NC2COC1C2. The molecule has 0 radical (unpaired) electrons. The van der Waals surface area contributed by atoms with E-state index in [1.54, 1.807) is 0 Å². The third kappa shape index (κ3) is 0.491. The van der Waals surface area contributed by atoms with Gasteiger partial charge in [-0.3, -0.25) is 5.32 Å². The lowest BCUT2D eigenvalue weighted by Gasteiger charge is -2.18. The quantitative estimate of drug-likeness (QED) is 0.426. The lowest BCUT2D eigenvalue weighted by molar-refractivity contribution is 0.0585. The Morgan fingerprint density at radius 2 is 2.50 bits per heavy atom. The predicted octanol–water partition coefficient (Wildman–Crippen LogP) is -0.968. The highest BCUT2D eigenvalue weighted by atomic mass is 16.5. The lowest BCUT2D eigenvalue weighted by atomic mass is 10.2. The molecule has 2 fully saturated rings. The van der Waals surface area contributed by atoms with Crippen molar-refractivity contribution in [3.8, 4) is 0 Å². The summed E-state index contributed by atoms with van der Waals surface area (Å²) in [5, 5.41) is 3.21. The van der Waals surface area contributed by atoms with Crippen molar-refractivity contribution in [1.29, 1.82) is 0 Å². The first kappa shape index (κ1) is 4.73. The van der Waals surface area contributed by atoms with Crippen molar-refractivity contribution in [3.63, 3.8) is 0 Å². The Bertz CT molecular complexity index is 105. The van der Waals surface area contributed by atoms with E-state index >= 15 is 0 Å². The molecule has 3 N–H and O–H groups in total. The molecule has 3 unspecified atom stereocenters. The van der Waals surface area contributed by atoms with Crippen LogP contribution in [0.15, 0.2) is 0 Å². The second-order valence-electron chi connectivity index (χ2n) is 2.50. The van der Waals surface area contributed by atoms with Gasteiger partial charge in [0.2, 0.25) is 0 Å². The third-order valence-electron chi connectivity index (χ3n) is 1.86. The Morgan fingerprint density at radius 1 is 1.62 bits per heavy atom. The molecule has 2 aliphatic heterocycles. The number of fused-ring (bicyclic) bond motifs is 2. The van der Waals surface area contributed by atoms with E-state index in [-0.39, 0.29) is 6.17 Å². The summed E-state index contributed by atoms with van der Waals surface area (Å²) in [4.78, 5) is 0. The fourth-order valence-electron chi connectivity index (χ4n) is 1.40. The summed E-state index contributed by atoms with van der Waals surface area (Å²) < 4.78 is 5.28. The second-order valence-corrected chi connectivity index (χ2v) is 2.50. The molecule has 3 heteroatoms. The topological polar surface area (TPSA) is 47.3 Å². The molecule has 3 nitrogen and oxygen atoms in total. The summed E-state index contributed by atoms with van der Waals surface area (Å²) in [6.45, 7) is 0.859. The number of hydrogen-bond acceptors (Lipinski definition) is 3. The maximum atomic E-state index is 5.58. The van der Waals surface area contributed by atoms with Gasteiger partial charge >= 0.3 is 0 Å². The Kier molecular flexibility index (Phi) is 0.848. The maximum absolute atomic E-state index is 5.58. The highest BCUT2D eigenvalue weighted by Gasteiger charge is 2.37. The van der Waals surface area contributed by atoms with Gasteiger partial charge in [0.1, 0.15) is 0 Å². The molecule has 8 heavy (non-hydrogen) atoms. The molecule has 2 heterocycles. The van der Waals surface area contributed by atoms with Crippen LogP contribution in [0.1, 0.15) is 6.42 Å². The number of ether oxygens (including phenoxy) is 1. The Balaban J connectivity index is 2.11. The van der Waals surface area contributed by atoms with Gasteiger partial charge < -0.3 is 10.5 Å². The van der Waals surface area contributed by atoms with Crippen molar-refractivity contribution in [1.82, 2.24) is 5.32 Å². The van der Waals surface area contributed by atoms with Crippen LogP contribution in [0, 0.1) is 0 Å². The minimum absolute atomic E-state index is 0.105. The van der Waals surface area contributed by atoms with Crippen molar-refractivity contribution < 1.29 is 4.74 Å². The van der Waals surface area contributed by atoms with Gasteiger partial charge in [-0.05, 0) is 6.42 Å². The molecule has 0 spiro atoms. The molecular formula is C5H10N2O. The normalized spacial score (nSPS) is 52.9. The van der Waals surface area contributed by atoms with E-state index in [1.807, 2.05) is 0 Å². The molecule has 0 aromatic rings. The van der Waals surface area contributed by atoms with Crippen LogP contribution in [0.25, 0.3) is 0 Å². The van der Waals surface area contributed by atoms with Crippen molar-refractivity contribution in [2.45, 2.75) is 24.7 Å². The van der Waals surface area contributed by atoms with E-state index < -0.39 is 0 Å². The first-order chi connectivity index (χ1) is 3.86. The molecule has 0 saturated carbocycles. The Labute approximate surface area is 48.2 Å². The third-order valence-corrected chi connectivity index (χ3v) is 1.86. The Hall–Kier alpha value is -0.120. The predicted molar refractivity (Wildman–Crippen MR) is 29.3 cm³/mol. The summed E-state index contributed by atoms with van der Waals surface area (Å²) in [5.74, 6) is 0. The van der Waals surface area contributed by atoms with Gasteiger partial charge in [-0.2, -0.15) is 0 Å². The first-order valence-electron chi connectivity index (χ1n) is 2.99. The first-order valence-corrected chi connectivity index (χ1v) is 2.99. The molecular weight excluding hydrogens is 104 g/mol. The Morgan fingerprint density at radius 3 is 2.75 bits per heavy atom. The van der Waals surface area contributed by atoms with Crippen molar-refractivity contribution >= 4 is 0 Å². The van der Waals surface area contributed by atoms with E-state index in [0.717, 1.165) is 13.0 Å². The molecule has 0 amide bonds. The van der Waals surface area contributed by atoms with Crippen LogP contribution in [0.2, 0.25) is 0 Å². The summed E-state index contributed by atoms with van der Waals surface area (Å²) >= 11 is 0. The average molecular weight is 114 g/mol. The summed E-state index contributed by atoms with van der Waals surface area (Å²) in [6, 6.07) is 0.551. The van der Waals surface area contributed by atoms with Gasteiger partial charge in [0.05, 0.1) is 18.9 Å². The van der Waals surface area contributed by atoms with Crippen molar-refractivity contribution in [2.24, 2.45) is 5.73 Å². The number of nitrogens with two attached hydrogens (primary N) is 1. The van der Waals surface area contributed by atoms with Crippen molar-refractivity contribution in [3.05, 3.63) is 0 Å². The van der Waals surface area contributed by atoms with Crippen LogP contribution in [0.3, 0.4) is 0 Å². The molecule has 46 valence electrons. The summed E-state index contributed by atoms with van der Waals surface area (Å²) in [7, 11) is 0. The minimum atomic E-state index is 0.105. The molecule has 0 aromatic heterocycles. The molecule has 2 saturated heterocycles. The van der Waals surface area contributed by atoms with Crippen LogP contribution in [-0.2, 0) is 4.74 Å².